The number of carboxylic acid groups (broad SMARTS) is 1. The second-order valence-corrected chi connectivity index (χ2v) is 5.29. The summed E-state index contributed by atoms with van der Waals surface area (Å²) < 4.78 is 0. The molecule has 0 bridgehead atoms. The molecule has 0 aliphatic rings. The number of anilines is 1. The molecule has 23 heavy (non-hydrogen) atoms. The van der Waals surface area contributed by atoms with Gasteiger partial charge in [-0.3, -0.25) is 5.43 Å². The van der Waals surface area contributed by atoms with E-state index in [1.807, 2.05) is 0 Å². The lowest BCUT2D eigenvalue weighted by Gasteiger charge is -2.09. The van der Waals surface area contributed by atoms with Gasteiger partial charge in [-0.2, -0.15) is 5.10 Å². The van der Waals surface area contributed by atoms with Gasteiger partial charge in [-0.1, -0.05) is 34.8 Å². The third-order valence-corrected chi connectivity index (χ3v) is 3.74. The molecule has 4 N–H and O–H groups in total. The number of carboxylic acids is 1. The Bertz CT molecular complexity index is 812. The van der Waals surface area contributed by atoms with Gasteiger partial charge in [0.2, 0.25) is 0 Å². The number of halogens is 3. The number of nitrogens with zero attached hydrogens (tertiary/aromatic N) is 2. The zero-order chi connectivity index (χ0) is 17.1. The fraction of sp³-hybridized carbons (Fsp3) is 0. The summed E-state index contributed by atoms with van der Waals surface area (Å²) in [6.07, 6.45) is 1.29. The number of pyridine rings is 1. The van der Waals surface area contributed by atoms with Crippen molar-refractivity contribution in [2.24, 2.45) is 5.10 Å². The summed E-state index contributed by atoms with van der Waals surface area (Å²) in [6.45, 7) is 0. The Kier molecular flexibility index (Phi) is 5.15. The molecule has 0 saturated heterocycles. The van der Waals surface area contributed by atoms with Gasteiger partial charge in [-0.25, -0.2) is 9.78 Å². The Labute approximate surface area is 144 Å². The maximum absolute atomic E-state index is 11.0. The van der Waals surface area contributed by atoms with Crippen molar-refractivity contribution in [2.75, 3.05) is 5.43 Å². The molecule has 0 radical (unpaired) electrons. The van der Waals surface area contributed by atoms with E-state index in [0.717, 1.165) is 0 Å². The van der Waals surface area contributed by atoms with Crippen LogP contribution in [0.15, 0.2) is 23.3 Å². The Hall–Kier alpha value is -2.22. The maximum Gasteiger partial charge on any atom is 0.356 e. The summed E-state index contributed by atoms with van der Waals surface area (Å²) in [5.41, 5.74) is 2.44. The van der Waals surface area contributed by atoms with Crippen LogP contribution in [0.2, 0.25) is 15.2 Å². The van der Waals surface area contributed by atoms with Gasteiger partial charge in [0.25, 0.3) is 0 Å². The third kappa shape index (κ3) is 3.76. The van der Waals surface area contributed by atoms with Crippen LogP contribution in [-0.4, -0.2) is 32.5 Å². The third-order valence-electron chi connectivity index (χ3n) is 2.63. The Morgan fingerprint density at radius 1 is 1.17 bits per heavy atom. The van der Waals surface area contributed by atoms with Gasteiger partial charge in [0, 0.05) is 0 Å². The number of carbonyl (C=O) groups is 1. The molecule has 1 aromatic heterocycles. The number of hydrogen-bond donors (Lipinski definition) is 4. The summed E-state index contributed by atoms with van der Waals surface area (Å²) in [6, 6.07) is 4.04. The molecule has 0 saturated carbocycles. The predicted molar refractivity (Wildman–Crippen MR) is 87.2 cm³/mol. The molecule has 10 heteroatoms. The average Bonchev–Trinajstić information content (AvgIpc) is 2.49. The van der Waals surface area contributed by atoms with Crippen molar-refractivity contribution < 1.29 is 20.1 Å². The highest BCUT2D eigenvalue weighted by Gasteiger charge is 2.20. The van der Waals surface area contributed by atoms with Crippen molar-refractivity contribution in [2.45, 2.75) is 0 Å². The van der Waals surface area contributed by atoms with Crippen molar-refractivity contribution >= 4 is 52.7 Å². The lowest BCUT2D eigenvalue weighted by molar-refractivity contribution is 0.0691. The normalized spacial score (nSPS) is 10.9. The van der Waals surface area contributed by atoms with Gasteiger partial charge < -0.3 is 15.3 Å². The Morgan fingerprint density at radius 2 is 1.87 bits per heavy atom. The van der Waals surface area contributed by atoms with E-state index in [1.54, 1.807) is 0 Å². The Morgan fingerprint density at radius 3 is 2.48 bits per heavy atom. The largest absolute Gasteiger partial charge is 0.504 e. The molecule has 0 aliphatic heterocycles. The van der Waals surface area contributed by atoms with Crippen LogP contribution < -0.4 is 5.43 Å². The lowest BCUT2D eigenvalue weighted by Crippen LogP contribution is -2.05. The standard InChI is InChI=1S/C13H8Cl3N3O4/c14-8-10(9(15)12(16)18-11(8)13(22)23)19-17-4-5-1-2-6(20)7(21)3-5/h1-4,20-21H,(H,18,19)(H,22,23). The summed E-state index contributed by atoms with van der Waals surface area (Å²) >= 11 is 17.6. The first kappa shape index (κ1) is 17.1. The second-order valence-electron chi connectivity index (χ2n) is 4.18. The Balaban J connectivity index is 2.31. The molecule has 0 unspecified atom stereocenters. The zero-order valence-corrected chi connectivity index (χ0v) is 13.4. The van der Waals surface area contributed by atoms with E-state index in [2.05, 4.69) is 15.5 Å². The maximum atomic E-state index is 11.0. The van der Waals surface area contributed by atoms with Crippen LogP contribution in [0.1, 0.15) is 16.1 Å². The molecule has 2 aromatic rings. The summed E-state index contributed by atoms with van der Waals surface area (Å²) in [7, 11) is 0. The fourth-order valence-corrected chi connectivity index (χ4v) is 2.21. The number of nitrogens with one attached hydrogen (secondary N) is 1. The SMILES string of the molecule is O=C(O)c1nc(Cl)c(Cl)c(NN=Cc2ccc(O)c(O)c2)c1Cl. The van der Waals surface area contributed by atoms with Gasteiger partial charge in [-0.15, -0.1) is 0 Å². The summed E-state index contributed by atoms with van der Waals surface area (Å²) in [5.74, 6) is -1.96. The molecular formula is C13H8Cl3N3O4. The minimum Gasteiger partial charge on any atom is -0.504 e. The van der Waals surface area contributed by atoms with E-state index < -0.39 is 11.7 Å². The van der Waals surface area contributed by atoms with Crippen LogP contribution in [-0.2, 0) is 0 Å². The van der Waals surface area contributed by atoms with E-state index in [-0.39, 0.29) is 32.4 Å². The van der Waals surface area contributed by atoms with Crippen LogP contribution in [0.4, 0.5) is 5.69 Å². The molecule has 7 nitrogen and oxygen atoms in total. The summed E-state index contributed by atoms with van der Waals surface area (Å²) in [4.78, 5) is 14.6. The van der Waals surface area contributed by atoms with Crippen LogP contribution >= 0.6 is 34.8 Å². The number of hydrogen-bond acceptors (Lipinski definition) is 6. The minimum absolute atomic E-state index is 0.0232. The van der Waals surface area contributed by atoms with E-state index in [1.165, 1.54) is 24.4 Å². The van der Waals surface area contributed by atoms with E-state index in [0.29, 0.717) is 5.56 Å². The van der Waals surface area contributed by atoms with Gasteiger partial charge >= 0.3 is 5.97 Å². The first-order valence-corrected chi connectivity index (χ1v) is 7.03. The number of phenolic OH excluding ortho intramolecular Hbond substituents is 2. The number of aromatic hydroxyl groups is 2. The predicted octanol–water partition coefficient (Wildman–Crippen LogP) is 3.60. The van der Waals surface area contributed by atoms with Crippen molar-refractivity contribution in [3.8, 4) is 11.5 Å². The van der Waals surface area contributed by atoms with E-state index >= 15 is 0 Å². The van der Waals surface area contributed by atoms with E-state index in [4.69, 9.17) is 39.9 Å². The number of aromatic carboxylic acids is 1. The molecule has 0 amide bonds. The van der Waals surface area contributed by atoms with Crippen molar-refractivity contribution in [1.29, 1.82) is 0 Å². The van der Waals surface area contributed by atoms with Gasteiger partial charge in [-0.05, 0) is 23.8 Å². The van der Waals surface area contributed by atoms with Crippen molar-refractivity contribution in [3.63, 3.8) is 0 Å². The fourth-order valence-electron chi connectivity index (χ4n) is 1.55. The van der Waals surface area contributed by atoms with Crippen LogP contribution in [0.25, 0.3) is 0 Å². The highest BCUT2D eigenvalue weighted by Crippen LogP contribution is 2.36. The van der Waals surface area contributed by atoms with Gasteiger partial charge in [0.15, 0.2) is 22.3 Å². The molecule has 120 valence electrons. The zero-order valence-electron chi connectivity index (χ0n) is 11.1. The number of hydrazone groups is 1. The first-order valence-electron chi connectivity index (χ1n) is 5.90. The highest BCUT2D eigenvalue weighted by atomic mass is 35.5. The topological polar surface area (TPSA) is 115 Å². The smallest absolute Gasteiger partial charge is 0.356 e. The van der Waals surface area contributed by atoms with E-state index in [9.17, 15) is 15.0 Å². The number of benzene rings is 1. The number of phenols is 2. The lowest BCUT2D eigenvalue weighted by atomic mass is 10.2. The van der Waals surface area contributed by atoms with Crippen molar-refractivity contribution in [3.05, 3.63) is 44.7 Å². The molecule has 1 heterocycles. The molecule has 0 atom stereocenters. The molecule has 0 aliphatic carbocycles. The van der Waals surface area contributed by atoms with Crippen LogP contribution in [0, 0.1) is 0 Å². The van der Waals surface area contributed by atoms with Crippen molar-refractivity contribution in [1.82, 2.24) is 4.98 Å². The molecule has 1 aromatic carbocycles. The van der Waals surface area contributed by atoms with Crippen LogP contribution in [0.5, 0.6) is 11.5 Å². The second kappa shape index (κ2) is 6.91. The first-order chi connectivity index (χ1) is 10.8. The average molecular weight is 377 g/mol. The monoisotopic (exact) mass is 375 g/mol. The van der Waals surface area contributed by atoms with Gasteiger partial charge in [0.05, 0.1) is 11.9 Å². The minimum atomic E-state index is -1.37. The molecular weight excluding hydrogens is 369 g/mol. The molecule has 2 rings (SSSR count). The van der Waals surface area contributed by atoms with Gasteiger partial charge in [0.1, 0.15) is 10.0 Å². The number of aromatic nitrogens is 1. The van der Waals surface area contributed by atoms with Crippen LogP contribution in [0.3, 0.4) is 0 Å². The highest BCUT2D eigenvalue weighted by molar-refractivity contribution is 6.46. The quantitative estimate of drug-likeness (QED) is 0.280. The molecule has 0 spiro atoms. The molecule has 0 fully saturated rings. The summed E-state index contributed by atoms with van der Waals surface area (Å²) in [5, 5.41) is 30.8. The number of rotatable bonds is 4.